The highest BCUT2D eigenvalue weighted by Crippen LogP contribution is 2.29. The third kappa shape index (κ3) is 6.12. The standard InChI is InChI=1S/C27H37N3O3/c1-2-20-9-5-6-12-24(20)25(27(31)32)30-17-15-23(19-30)33-18-7-3-4-11-22-14-13-21-10-8-16-28-26(21)29-22/h5-6,9,12-14,23,25H,2-4,7-8,10-11,15-19H2,1H3,(H,28,29)(H,31,32)/t23-,25-/m1/s1. The van der Waals surface area contributed by atoms with Crippen LogP contribution in [-0.4, -0.2) is 53.3 Å². The highest BCUT2D eigenvalue weighted by molar-refractivity contribution is 5.76. The number of carboxylic acid groups (broad SMARTS) is 1. The molecule has 0 amide bonds. The Labute approximate surface area is 197 Å². The number of aryl methyl sites for hydroxylation is 3. The third-order valence-corrected chi connectivity index (χ3v) is 6.89. The van der Waals surface area contributed by atoms with Crippen molar-refractivity contribution in [1.82, 2.24) is 9.88 Å². The van der Waals surface area contributed by atoms with Crippen LogP contribution < -0.4 is 5.32 Å². The fraction of sp³-hybridized carbons (Fsp3) is 0.556. The van der Waals surface area contributed by atoms with Crippen molar-refractivity contribution in [3.63, 3.8) is 0 Å². The summed E-state index contributed by atoms with van der Waals surface area (Å²) in [5.41, 5.74) is 4.53. The lowest BCUT2D eigenvalue weighted by atomic mass is 9.97. The molecule has 1 saturated heterocycles. The molecule has 6 heteroatoms. The summed E-state index contributed by atoms with van der Waals surface area (Å²) >= 11 is 0. The van der Waals surface area contributed by atoms with E-state index in [2.05, 4.69) is 29.3 Å². The molecule has 0 bridgehead atoms. The molecular formula is C27H37N3O3. The molecule has 1 fully saturated rings. The minimum Gasteiger partial charge on any atom is -0.480 e. The zero-order chi connectivity index (χ0) is 23.0. The van der Waals surface area contributed by atoms with E-state index in [0.717, 1.165) is 81.6 Å². The number of ether oxygens (including phenoxy) is 1. The molecule has 0 aliphatic carbocycles. The number of carboxylic acids is 1. The van der Waals surface area contributed by atoms with Crippen LogP contribution in [0.25, 0.3) is 0 Å². The summed E-state index contributed by atoms with van der Waals surface area (Å²) in [6, 6.07) is 11.7. The van der Waals surface area contributed by atoms with Crippen LogP contribution in [0.15, 0.2) is 36.4 Å². The van der Waals surface area contributed by atoms with Crippen molar-refractivity contribution in [2.45, 2.75) is 70.4 Å². The van der Waals surface area contributed by atoms with Gasteiger partial charge >= 0.3 is 5.97 Å². The van der Waals surface area contributed by atoms with Gasteiger partial charge in [0, 0.05) is 31.9 Å². The second-order valence-corrected chi connectivity index (χ2v) is 9.22. The number of hydrogen-bond donors (Lipinski definition) is 2. The minimum atomic E-state index is -0.775. The molecule has 2 aromatic rings. The van der Waals surface area contributed by atoms with Gasteiger partial charge in [0.25, 0.3) is 0 Å². The summed E-state index contributed by atoms with van der Waals surface area (Å²) in [6.45, 7) is 5.28. The number of hydrogen-bond acceptors (Lipinski definition) is 5. The van der Waals surface area contributed by atoms with E-state index in [-0.39, 0.29) is 6.10 Å². The number of nitrogens with one attached hydrogen (secondary N) is 1. The normalized spacial score (nSPS) is 19.1. The maximum absolute atomic E-state index is 12.1. The fourth-order valence-corrected chi connectivity index (χ4v) is 5.08. The smallest absolute Gasteiger partial charge is 0.325 e. The van der Waals surface area contributed by atoms with E-state index in [1.807, 2.05) is 24.3 Å². The van der Waals surface area contributed by atoms with E-state index in [0.29, 0.717) is 6.54 Å². The molecule has 2 atom stereocenters. The predicted molar refractivity (Wildman–Crippen MR) is 131 cm³/mol. The first-order valence-electron chi connectivity index (χ1n) is 12.5. The molecule has 178 valence electrons. The van der Waals surface area contributed by atoms with E-state index < -0.39 is 12.0 Å². The van der Waals surface area contributed by atoms with Crippen LogP contribution in [-0.2, 0) is 28.8 Å². The Bertz CT molecular complexity index is 933. The van der Waals surface area contributed by atoms with E-state index in [1.54, 1.807) is 0 Å². The maximum atomic E-state index is 12.1. The highest BCUT2D eigenvalue weighted by Gasteiger charge is 2.34. The molecule has 1 aromatic heterocycles. The molecular weight excluding hydrogens is 414 g/mol. The summed E-state index contributed by atoms with van der Waals surface area (Å²) in [7, 11) is 0. The molecule has 0 spiro atoms. The van der Waals surface area contributed by atoms with Crippen LogP contribution in [0.4, 0.5) is 5.82 Å². The highest BCUT2D eigenvalue weighted by atomic mass is 16.5. The molecule has 2 aliphatic heterocycles. The second kappa shape index (κ2) is 11.6. The lowest BCUT2D eigenvalue weighted by Crippen LogP contribution is -2.34. The summed E-state index contributed by atoms with van der Waals surface area (Å²) in [4.78, 5) is 18.9. The van der Waals surface area contributed by atoms with Crippen molar-refractivity contribution in [1.29, 1.82) is 0 Å². The number of aliphatic carboxylic acids is 1. The maximum Gasteiger partial charge on any atom is 0.325 e. The lowest BCUT2D eigenvalue weighted by Gasteiger charge is -2.26. The first kappa shape index (κ1) is 23.7. The Morgan fingerprint density at radius 2 is 2.12 bits per heavy atom. The average molecular weight is 452 g/mol. The first-order chi connectivity index (χ1) is 16.2. The van der Waals surface area contributed by atoms with Gasteiger partial charge in [0.05, 0.1) is 6.10 Å². The van der Waals surface area contributed by atoms with Crippen LogP contribution >= 0.6 is 0 Å². The number of pyridine rings is 1. The number of nitrogens with zero attached hydrogens (tertiary/aromatic N) is 2. The van der Waals surface area contributed by atoms with Crippen molar-refractivity contribution in [2.75, 3.05) is 31.6 Å². The molecule has 2 N–H and O–H groups in total. The molecule has 0 unspecified atom stereocenters. The van der Waals surface area contributed by atoms with Gasteiger partial charge < -0.3 is 15.2 Å². The number of anilines is 1. The van der Waals surface area contributed by atoms with E-state index in [9.17, 15) is 9.90 Å². The topological polar surface area (TPSA) is 74.7 Å². The van der Waals surface area contributed by atoms with Crippen molar-refractivity contribution < 1.29 is 14.6 Å². The lowest BCUT2D eigenvalue weighted by molar-refractivity contribution is -0.143. The number of unbranched alkanes of at least 4 members (excludes halogenated alkanes) is 2. The van der Waals surface area contributed by atoms with E-state index in [4.69, 9.17) is 9.72 Å². The van der Waals surface area contributed by atoms with Crippen LogP contribution in [0, 0.1) is 0 Å². The van der Waals surface area contributed by atoms with E-state index in [1.165, 1.54) is 17.7 Å². The number of fused-ring (bicyclic) bond motifs is 1. The summed E-state index contributed by atoms with van der Waals surface area (Å²) in [5, 5.41) is 13.3. The second-order valence-electron chi connectivity index (χ2n) is 9.22. The van der Waals surface area contributed by atoms with Gasteiger partial charge in [0.1, 0.15) is 11.9 Å². The molecule has 0 radical (unpaired) electrons. The Morgan fingerprint density at radius 1 is 1.24 bits per heavy atom. The van der Waals surface area contributed by atoms with Crippen molar-refractivity contribution in [2.24, 2.45) is 0 Å². The zero-order valence-electron chi connectivity index (χ0n) is 19.8. The van der Waals surface area contributed by atoms with Crippen molar-refractivity contribution >= 4 is 11.8 Å². The van der Waals surface area contributed by atoms with Gasteiger partial charge in [-0.25, -0.2) is 4.98 Å². The van der Waals surface area contributed by atoms with Gasteiger partial charge in [-0.3, -0.25) is 9.69 Å². The quantitative estimate of drug-likeness (QED) is 0.485. The van der Waals surface area contributed by atoms with Gasteiger partial charge in [0.15, 0.2) is 0 Å². The summed E-state index contributed by atoms with van der Waals surface area (Å²) in [6.07, 6.45) is 8.43. The SMILES string of the molecule is CCc1ccccc1[C@H](C(=O)O)N1CC[C@@H](OCCCCCc2ccc3c(n2)NCCC3)C1. The van der Waals surface area contributed by atoms with Gasteiger partial charge in [-0.1, -0.05) is 43.7 Å². The summed E-state index contributed by atoms with van der Waals surface area (Å²) in [5.74, 6) is 0.302. The average Bonchev–Trinajstić information content (AvgIpc) is 3.29. The number of likely N-dealkylation sites (tertiary alicyclic amines) is 1. The number of carbonyl (C=O) groups is 1. The van der Waals surface area contributed by atoms with Crippen LogP contribution in [0.5, 0.6) is 0 Å². The van der Waals surface area contributed by atoms with Gasteiger partial charge in [-0.2, -0.15) is 0 Å². The predicted octanol–water partition coefficient (Wildman–Crippen LogP) is 4.63. The van der Waals surface area contributed by atoms with Crippen molar-refractivity contribution in [3.8, 4) is 0 Å². The van der Waals surface area contributed by atoms with Gasteiger partial charge in [0.2, 0.25) is 0 Å². The Hall–Kier alpha value is -2.44. The van der Waals surface area contributed by atoms with Crippen molar-refractivity contribution in [3.05, 3.63) is 58.8 Å². The fourth-order valence-electron chi connectivity index (χ4n) is 5.08. The Kier molecular flexibility index (Phi) is 8.35. The van der Waals surface area contributed by atoms with Crippen LogP contribution in [0.1, 0.15) is 67.5 Å². The van der Waals surface area contributed by atoms with Crippen LogP contribution in [0.2, 0.25) is 0 Å². The third-order valence-electron chi connectivity index (χ3n) is 6.89. The Balaban J connectivity index is 1.18. The molecule has 6 nitrogen and oxygen atoms in total. The van der Waals surface area contributed by atoms with E-state index >= 15 is 0 Å². The van der Waals surface area contributed by atoms with Crippen LogP contribution in [0.3, 0.4) is 0 Å². The molecule has 33 heavy (non-hydrogen) atoms. The summed E-state index contributed by atoms with van der Waals surface area (Å²) < 4.78 is 6.12. The molecule has 4 rings (SSSR count). The number of rotatable bonds is 11. The zero-order valence-corrected chi connectivity index (χ0v) is 19.8. The number of aromatic nitrogens is 1. The molecule has 3 heterocycles. The van der Waals surface area contributed by atoms with Gasteiger partial charge in [-0.05, 0) is 67.7 Å². The first-order valence-corrected chi connectivity index (χ1v) is 12.5. The molecule has 2 aliphatic rings. The molecule has 0 saturated carbocycles. The van der Waals surface area contributed by atoms with Gasteiger partial charge in [-0.15, -0.1) is 0 Å². The molecule has 1 aromatic carbocycles. The minimum absolute atomic E-state index is 0.119. The largest absolute Gasteiger partial charge is 0.480 e. The monoisotopic (exact) mass is 451 g/mol. The number of benzene rings is 1. The Morgan fingerprint density at radius 3 is 2.97 bits per heavy atom.